The molecule has 37 valence electrons. The van der Waals surface area contributed by atoms with Gasteiger partial charge in [0.05, 0.1) is 10.7 Å². The van der Waals surface area contributed by atoms with Crippen molar-refractivity contribution in [3.8, 4) is 0 Å². The molecule has 0 aliphatic rings. The Morgan fingerprint density at radius 3 is 2.71 bits per heavy atom. The Balaban J connectivity index is 3.12. The maximum atomic E-state index is 11.9. The molecule has 0 amide bonds. The van der Waals surface area contributed by atoms with E-state index < -0.39 is 0 Å². The third kappa shape index (κ3) is 0.825. The summed E-state index contributed by atoms with van der Waals surface area (Å²) in [6, 6.07) is 1.48. The minimum atomic E-state index is -0.375. The average molecular weight is 163 g/mol. The summed E-state index contributed by atoms with van der Waals surface area (Å²) in [5.41, 5.74) is 0. The van der Waals surface area contributed by atoms with Crippen LogP contribution in [0.3, 0.4) is 0 Å². The molecule has 1 radical (unpaired) electrons. The van der Waals surface area contributed by atoms with Crippen LogP contribution >= 0.6 is 15.9 Å². The van der Waals surface area contributed by atoms with Crippen LogP contribution in [0.25, 0.3) is 0 Å². The van der Waals surface area contributed by atoms with E-state index in [9.17, 15) is 4.39 Å². The lowest BCUT2D eigenvalue weighted by Gasteiger charge is -1.73. The van der Waals surface area contributed by atoms with E-state index in [1.54, 1.807) is 0 Å². The molecular weight excluding hydrogens is 161 g/mol. The van der Waals surface area contributed by atoms with Gasteiger partial charge < -0.3 is 4.98 Å². The highest BCUT2D eigenvalue weighted by Crippen LogP contribution is 2.10. The normalized spacial score (nSPS) is 9.43. The summed E-state index contributed by atoms with van der Waals surface area (Å²) in [7, 11) is 0. The third-order valence-electron chi connectivity index (χ3n) is 0.590. The van der Waals surface area contributed by atoms with Gasteiger partial charge in [0, 0.05) is 0 Å². The van der Waals surface area contributed by atoms with Crippen molar-refractivity contribution < 1.29 is 4.39 Å². The molecule has 0 atom stereocenters. The first-order chi connectivity index (χ1) is 3.30. The van der Waals surface area contributed by atoms with E-state index in [1.165, 1.54) is 6.07 Å². The van der Waals surface area contributed by atoms with Crippen LogP contribution in [0, 0.1) is 12.1 Å². The van der Waals surface area contributed by atoms with Crippen LogP contribution < -0.4 is 0 Å². The van der Waals surface area contributed by atoms with Crippen molar-refractivity contribution in [1.82, 2.24) is 4.98 Å². The molecular formula is C4H2BrFN. The van der Waals surface area contributed by atoms with Gasteiger partial charge in [-0.05, 0) is 22.0 Å². The largest absolute Gasteiger partial charge is 0.329 e. The summed E-state index contributed by atoms with van der Waals surface area (Å²) in [4.78, 5) is 2.23. The van der Waals surface area contributed by atoms with Crippen molar-refractivity contribution in [2.45, 2.75) is 0 Å². The van der Waals surface area contributed by atoms with Crippen LogP contribution in [0.2, 0.25) is 0 Å². The fourth-order valence-corrected chi connectivity index (χ4v) is 0.499. The first kappa shape index (κ1) is 4.84. The Bertz CT molecular complexity index is 144. The Morgan fingerprint density at radius 1 is 1.86 bits per heavy atom. The molecule has 0 saturated heterocycles. The number of aromatic nitrogens is 1. The van der Waals surface area contributed by atoms with E-state index in [-0.39, 0.29) is 5.95 Å². The molecule has 0 aromatic carbocycles. The van der Waals surface area contributed by atoms with E-state index >= 15 is 0 Å². The predicted octanol–water partition coefficient (Wildman–Crippen LogP) is 1.72. The maximum absolute atomic E-state index is 11.9. The van der Waals surface area contributed by atoms with Gasteiger partial charge in [-0.1, -0.05) is 0 Å². The summed E-state index contributed by atoms with van der Waals surface area (Å²) in [5.74, 6) is -0.375. The number of hydrogen-bond acceptors (Lipinski definition) is 0. The number of hydrogen-bond donors (Lipinski definition) is 1. The zero-order valence-corrected chi connectivity index (χ0v) is 4.92. The van der Waals surface area contributed by atoms with Gasteiger partial charge in [-0.2, -0.15) is 4.39 Å². The minimum absolute atomic E-state index is 0.375. The van der Waals surface area contributed by atoms with Crippen molar-refractivity contribution in [2.24, 2.45) is 0 Å². The van der Waals surface area contributed by atoms with E-state index in [4.69, 9.17) is 0 Å². The molecule has 1 rings (SSSR count). The quantitative estimate of drug-likeness (QED) is 0.599. The highest BCUT2D eigenvalue weighted by molar-refractivity contribution is 9.10. The first-order valence-electron chi connectivity index (χ1n) is 1.71. The standard InChI is InChI=1S/C4H2BrFN/c5-3-1-2-7-4(3)6/h1,7H. The summed E-state index contributed by atoms with van der Waals surface area (Å²) < 4.78 is 12.4. The fraction of sp³-hybridized carbons (Fsp3) is 0. The monoisotopic (exact) mass is 162 g/mol. The van der Waals surface area contributed by atoms with Gasteiger partial charge >= 0.3 is 0 Å². The van der Waals surface area contributed by atoms with Gasteiger partial charge in [-0.3, -0.25) is 0 Å². The molecule has 1 aromatic heterocycles. The Morgan fingerprint density at radius 2 is 2.57 bits per heavy atom. The van der Waals surface area contributed by atoms with E-state index in [0.717, 1.165) is 0 Å². The van der Waals surface area contributed by atoms with Crippen LogP contribution in [0.5, 0.6) is 0 Å². The first-order valence-corrected chi connectivity index (χ1v) is 2.50. The average Bonchev–Trinajstić information content (AvgIpc) is 1.91. The Kier molecular flexibility index (Phi) is 1.15. The second-order valence-corrected chi connectivity index (χ2v) is 1.93. The van der Waals surface area contributed by atoms with Crippen molar-refractivity contribution in [2.75, 3.05) is 0 Å². The smallest absolute Gasteiger partial charge is 0.205 e. The van der Waals surface area contributed by atoms with Crippen molar-refractivity contribution in [1.29, 1.82) is 0 Å². The molecule has 0 bridgehead atoms. The van der Waals surface area contributed by atoms with Crippen molar-refractivity contribution in [3.63, 3.8) is 0 Å². The molecule has 1 nitrogen and oxygen atoms in total. The molecule has 3 heteroatoms. The number of aromatic amines is 1. The topological polar surface area (TPSA) is 15.8 Å². The minimum Gasteiger partial charge on any atom is -0.329 e. The molecule has 0 saturated carbocycles. The molecule has 1 aromatic rings. The van der Waals surface area contributed by atoms with Gasteiger partial charge in [0.1, 0.15) is 0 Å². The van der Waals surface area contributed by atoms with Gasteiger partial charge in [-0.15, -0.1) is 0 Å². The number of nitrogens with one attached hydrogen (secondary N) is 1. The van der Waals surface area contributed by atoms with E-state index in [1.807, 2.05) is 0 Å². The second-order valence-electron chi connectivity index (χ2n) is 1.08. The van der Waals surface area contributed by atoms with E-state index in [2.05, 4.69) is 27.1 Å². The van der Waals surface area contributed by atoms with Crippen molar-refractivity contribution >= 4 is 15.9 Å². The molecule has 0 aliphatic carbocycles. The summed E-state index contributed by atoms with van der Waals surface area (Å²) >= 11 is 2.93. The number of rotatable bonds is 0. The van der Waals surface area contributed by atoms with Gasteiger partial charge in [0.25, 0.3) is 0 Å². The molecule has 0 unspecified atom stereocenters. The predicted molar refractivity (Wildman–Crippen MR) is 27.3 cm³/mol. The van der Waals surface area contributed by atoms with Crippen LogP contribution in [0.1, 0.15) is 0 Å². The van der Waals surface area contributed by atoms with Crippen LogP contribution in [-0.4, -0.2) is 4.98 Å². The third-order valence-corrected chi connectivity index (χ3v) is 1.17. The summed E-state index contributed by atoms with van der Waals surface area (Å²) in [5, 5.41) is 0. The molecule has 1 heterocycles. The molecule has 0 spiro atoms. The Labute approximate surface area is 48.7 Å². The molecule has 1 N–H and O–H groups in total. The SMILES string of the molecule is Fc1[nH][c]cc1Br. The summed E-state index contributed by atoms with van der Waals surface area (Å²) in [6.07, 6.45) is 2.45. The van der Waals surface area contributed by atoms with Gasteiger partial charge in [-0.25, -0.2) is 0 Å². The zero-order valence-electron chi connectivity index (χ0n) is 3.33. The number of H-pyrrole nitrogens is 1. The lowest BCUT2D eigenvalue weighted by atomic mass is 10.7. The lowest BCUT2D eigenvalue weighted by molar-refractivity contribution is 0.585. The fourth-order valence-electron chi connectivity index (χ4n) is 0.286. The molecule has 0 fully saturated rings. The van der Waals surface area contributed by atoms with Gasteiger partial charge in [0.15, 0.2) is 0 Å². The Hall–Kier alpha value is -0.310. The highest BCUT2D eigenvalue weighted by atomic mass is 79.9. The summed E-state index contributed by atoms with van der Waals surface area (Å²) in [6.45, 7) is 0. The van der Waals surface area contributed by atoms with Crippen molar-refractivity contribution in [3.05, 3.63) is 22.7 Å². The van der Waals surface area contributed by atoms with E-state index in [0.29, 0.717) is 4.47 Å². The molecule has 0 aliphatic heterocycles. The maximum Gasteiger partial charge on any atom is 0.205 e. The van der Waals surface area contributed by atoms with Crippen LogP contribution in [0.4, 0.5) is 4.39 Å². The van der Waals surface area contributed by atoms with Gasteiger partial charge in [0.2, 0.25) is 5.95 Å². The number of halogens is 2. The highest BCUT2D eigenvalue weighted by Gasteiger charge is 1.93. The second kappa shape index (κ2) is 1.66. The zero-order chi connectivity index (χ0) is 5.28. The lowest BCUT2D eigenvalue weighted by Crippen LogP contribution is -1.66. The van der Waals surface area contributed by atoms with Crippen LogP contribution in [0.15, 0.2) is 10.5 Å². The molecule has 7 heavy (non-hydrogen) atoms. The van der Waals surface area contributed by atoms with Crippen LogP contribution in [-0.2, 0) is 0 Å².